The zero-order chi connectivity index (χ0) is 9.68. The molecule has 1 aromatic carbocycles. The maximum atomic E-state index is 10.6. The molecule has 0 aliphatic rings. The van der Waals surface area contributed by atoms with Gasteiger partial charge in [0.1, 0.15) is 5.75 Å². The fourth-order valence-electron chi connectivity index (χ4n) is 0.943. The van der Waals surface area contributed by atoms with Crippen molar-refractivity contribution in [1.29, 1.82) is 0 Å². The molecule has 0 N–H and O–H groups in total. The number of carbonyl (C=O) groups is 1. The Balaban J connectivity index is 2.87. The van der Waals surface area contributed by atoms with Gasteiger partial charge in [-0.25, -0.2) is 0 Å². The maximum absolute atomic E-state index is 10.6. The Bertz CT molecular complexity index is 297. The molecule has 0 aliphatic carbocycles. The van der Waals surface area contributed by atoms with E-state index >= 15 is 0 Å². The van der Waals surface area contributed by atoms with E-state index in [0.717, 1.165) is 12.7 Å². The van der Waals surface area contributed by atoms with Crippen molar-refractivity contribution >= 4 is 17.9 Å². The molecule has 1 aromatic rings. The molecule has 3 heteroatoms. The lowest BCUT2D eigenvalue weighted by Gasteiger charge is -2.06. The molecule has 0 saturated carbocycles. The summed E-state index contributed by atoms with van der Waals surface area (Å²) in [6, 6.07) is 4.98. The minimum Gasteiger partial charge on any atom is -0.493 e. The van der Waals surface area contributed by atoms with Crippen LogP contribution < -0.4 is 4.74 Å². The van der Waals surface area contributed by atoms with Crippen molar-refractivity contribution in [3.8, 4) is 5.75 Å². The second-order valence-electron chi connectivity index (χ2n) is 2.65. The molecule has 70 valence electrons. The number of benzene rings is 1. The highest BCUT2D eigenvalue weighted by molar-refractivity contribution is 6.30. The van der Waals surface area contributed by atoms with Crippen molar-refractivity contribution in [3.05, 3.63) is 28.8 Å². The van der Waals surface area contributed by atoms with Gasteiger partial charge in [0.2, 0.25) is 0 Å². The molecule has 0 amide bonds. The van der Waals surface area contributed by atoms with Gasteiger partial charge in [-0.1, -0.05) is 18.5 Å². The number of carbonyl (C=O) groups excluding carboxylic acids is 1. The average molecular weight is 199 g/mol. The van der Waals surface area contributed by atoms with Gasteiger partial charge in [-0.2, -0.15) is 0 Å². The fraction of sp³-hybridized carbons (Fsp3) is 0.300. The van der Waals surface area contributed by atoms with Crippen molar-refractivity contribution in [2.45, 2.75) is 13.3 Å². The van der Waals surface area contributed by atoms with Crippen LogP contribution in [0.4, 0.5) is 0 Å². The Morgan fingerprint density at radius 2 is 2.31 bits per heavy atom. The lowest BCUT2D eigenvalue weighted by Crippen LogP contribution is -1.98. The van der Waals surface area contributed by atoms with Crippen LogP contribution in [-0.2, 0) is 0 Å². The Morgan fingerprint density at radius 3 is 2.92 bits per heavy atom. The minimum absolute atomic E-state index is 0.540. The molecule has 0 fully saturated rings. The van der Waals surface area contributed by atoms with Crippen LogP contribution in [0.5, 0.6) is 5.75 Å². The highest BCUT2D eigenvalue weighted by atomic mass is 35.5. The molecule has 2 nitrogen and oxygen atoms in total. The van der Waals surface area contributed by atoms with Crippen LogP contribution in [0.3, 0.4) is 0 Å². The molecule has 0 aliphatic heterocycles. The van der Waals surface area contributed by atoms with Crippen molar-refractivity contribution in [2.24, 2.45) is 0 Å². The third kappa shape index (κ3) is 2.74. The van der Waals surface area contributed by atoms with Crippen molar-refractivity contribution in [3.63, 3.8) is 0 Å². The molecule has 0 bridgehead atoms. The first kappa shape index (κ1) is 10.1. The van der Waals surface area contributed by atoms with Gasteiger partial charge in [0.05, 0.1) is 12.2 Å². The monoisotopic (exact) mass is 198 g/mol. The van der Waals surface area contributed by atoms with E-state index in [4.69, 9.17) is 16.3 Å². The number of ether oxygens (including phenoxy) is 1. The number of aldehydes is 1. The third-order valence-corrected chi connectivity index (χ3v) is 1.80. The Hall–Kier alpha value is -1.02. The summed E-state index contributed by atoms with van der Waals surface area (Å²) in [5.41, 5.74) is 0.540. The van der Waals surface area contributed by atoms with Gasteiger partial charge in [0, 0.05) is 5.02 Å². The third-order valence-electron chi connectivity index (χ3n) is 1.56. The first-order valence-corrected chi connectivity index (χ1v) is 4.53. The normalized spacial score (nSPS) is 9.69. The second-order valence-corrected chi connectivity index (χ2v) is 3.08. The average Bonchev–Trinajstić information content (AvgIpc) is 2.15. The highest BCUT2D eigenvalue weighted by Crippen LogP contribution is 2.21. The van der Waals surface area contributed by atoms with Gasteiger partial charge in [-0.05, 0) is 24.6 Å². The van der Waals surface area contributed by atoms with Crippen molar-refractivity contribution < 1.29 is 9.53 Å². The van der Waals surface area contributed by atoms with E-state index < -0.39 is 0 Å². The Morgan fingerprint density at radius 1 is 1.54 bits per heavy atom. The molecule has 0 aromatic heterocycles. The van der Waals surface area contributed by atoms with Crippen LogP contribution in [0.25, 0.3) is 0 Å². The number of hydrogen-bond donors (Lipinski definition) is 0. The first-order chi connectivity index (χ1) is 6.27. The molecule has 0 atom stereocenters. The number of hydrogen-bond acceptors (Lipinski definition) is 2. The minimum atomic E-state index is 0.540. The summed E-state index contributed by atoms with van der Waals surface area (Å²) in [5.74, 6) is 0.560. The summed E-state index contributed by atoms with van der Waals surface area (Å²) in [6.45, 7) is 2.60. The topological polar surface area (TPSA) is 26.3 Å². The van der Waals surface area contributed by atoms with E-state index in [-0.39, 0.29) is 0 Å². The van der Waals surface area contributed by atoms with Gasteiger partial charge >= 0.3 is 0 Å². The van der Waals surface area contributed by atoms with Crippen LogP contribution in [0.1, 0.15) is 23.7 Å². The summed E-state index contributed by atoms with van der Waals surface area (Å²) in [6.07, 6.45) is 1.67. The Kier molecular flexibility index (Phi) is 3.77. The van der Waals surface area contributed by atoms with E-state index in [1.165, 1.54) is 0 Å². The molecule has 0 spiro atoms. The summed E-state index contributed by atoms with van der Waals surface area (Å²) in [7, 11) is 0. The Labute approximate surface area is 82.5 Å². The molecule has 0 heterocycles. The molecule has 0 unspecified atom stereocenters. The van der Waals surface area contributed by atoms with E-state index in [1.807, 2.05) is 6.92 Å². The van der Waals surface area contributed by atoms with Crippen LogP contribution in [0.2, 0.25) is 5.02 Å². The fourth-order valence-corrected chi connectivity index (χ4v) is 1.10. The number of halogens is 1. The predicted molar refractivity (Wildman–Crippen MR) is 52.6 cm³/mol. The van der Waals surface area contributed by atoms with Crippen LogP contribution in [-0.4, -0.2) is 12.9 Å². The van der Waals surface area contributed by atoms with E-state index in [2.05, 4.69) is 0 Å². The smallest absolute Gasteiger partial charge is 0.153 e. The first-order valence-electron chi connectivity index (χ1n) is 4.15. The highest BCUT2D eigenvalue weighted by Gasteiger charge is 2.02. The van der Waals surface area contributed by atoms with E-state index in [9.17, 15) is 4.79 Å². The lowest BCUT2D eigenvalue weighted by atomic mass is 10.2. The van der Waals surface area contributed by atoms with Gasteiger partial charge < -0.3 is 4.74 Å². The van der Waals surface area contributed by atoms with Crippen LogP contribution >= 0.6 is 11.6 Å². The van der Waals surface area contributed by atoms with E-state index in [0.29, 0.717) is 22.9 Å². The zero-order valence-corrected chi connectivity index (χ0v) is 8.17. The largest absolute Gasteiger partial charge is 0.493 e. The molecular weight excluding hydrogens is 188 g/mol. The predicted octanol–water partition coefficient (Wildman–Crippen LogP) is 2.94. The SMILES string of the molecule is CCCOc1cc(Cl)ccc1C=O. The lowest BCUT2D eigenvalue weighted by molar-refractivity contribution is 0.111. The van der Waals surface area contributed by atoms with Crippen LogP contribution in [0.15, 0.2) is 18.2 Å². The van der Waals surface area contributed by atoms with Crippen molar-refractivity contribution in [1.82, 2.24) is 0 Å². The van der Waals surface area contributed by atoms with Gasteiger partial charge in [-0.15, -0.1) is 0 Å². The molecule has 0 saturated heterocycles. The molecular formula is C10H11ClO2. The van der Waals surface area contributed by atoms with Crippen molar-refractivity contribution in [2.75, 3.05) is 6.61 Å². The van der Waals surface area contributed by atoms with Gasteiger partial charge in [0.25, 0.3) is 0 Å². The molecule has 13 heavy (non-hydrogen) atoms. The van der Waals surface area contributed by atoms with Crippen LogP contribution in [0, 0.1) is 0 Å². The quantitative estimate of drug-likeness (QED) is 0.696. The molecule has 1 rings (SSSR count). The standard InChI is InChI=1S/C10H11ClO2/c1-2-5-13-10-6-9(11)4-3-8(10)7-12/h3-4,6-7H,2,5H2,1H3. The summed E-state index contributed by atoms with van der Waals surface area (Å²) < 4.78 is 5.34. The summed E-state index contributed by atoms with van der Waals surface area (Å²) in [4.78, 5) is 10.6. The summed E-state index contributed by atoms with van der Waals surface area (Å²) in [5, 5.41) is 0.580. The summed E-state index contributed by atoms with van der Waals surface area (Å²) >= 11 is 5.76. The van der Waals surface area contributed by atoms with Gasteiger partial charge in [0.15, 0.2) is 6.29 Å². The van der Waals surface area contributed by atoms with E-state index in [1.54, 1.807) is 18.2 Å². The zero-order valence-electron chi connectivity index (χ0n) is 7.42. The second kappa shape index (κ2) is 4.87. The molecule has 0 radical (unpaired) electrons. The maximum Gasteiger partial charge on any atom is 0.153 e. The number of rotatable bonds is 4. The van der Waals surface area contributed by atoms with Gasteiger partial charge in [-0.3, -0.25) is 4.79 Å².